The van der Waals surface area contributed by atoms with Gasteiger partial charge in [-0.05, 0) is 18.2 Å². The molecule has 0 radical (unpaired) electrons. The molecule has 6 nitrogen and oxygen atoms in total. The molecule has 0 aliphatic rings. The van der Waals surface area contributed by atoms with E-state index in [1.54, 1.807) is 42.4 Å². The number of rotatable bonds is 4. The van der Waals surface area contributed by atoms with Gasteiger partial charge in [-0.1, -0.05) is 0 Å². The Kier molecular flexibility index (Phi) is 3.70. The maximum Gasteiger partial charge on any atom is 0.271 e. The van der Waals surface area contributed by atoms with Crippen LogP contribution in [0, 0.1) is 0 Å². The summed E-state index contributed by atoms with van der Waals surface area (Å²) in [6, 6.07) is 5.30. The number of nitrogen functional groups attached to an aromatic ring is 1. The van der Waals surface area contributed by atoms with E-state index in [-0.39, 0.29) is 5.91 Å². The Balaban J connectivity index is 2.06. The second-order valence-corrected chi connectivity index (χ2v) is 4.18. The van der Waals surface area contributed by atoms with Crippen LogP contribution in [0.4, 0.5) is 5.69 Å². The maximum atomic E-state index is 11.9. The van der Waals surface area contributed by atoms with E-state index in [2.05, 4.69) is 10.3 Å². The highest BCUT2D eigenvalue weighted by Crippen LogP contribution is 2.20. The van der Waals surface area contributed by atoms with Gasteiger partial charge in [0.25, 0.3) is 5.91 Å². The number of ether oxygens (including phenoxy) is 1. The van der Waals surface area contributed by atoms with E-state index in [1.807, 2.05) is 7.05 Å². The molecular weight excluding hydrogens is 244 g/mol. The number of anilines is 1. The first kappa shape index (κ1) is 12.9. The van der Waals surface area contributed by atoms with Gasteiger partial charge in [0.2, 0.25) is 0 Å². The minimum Gasteiger partial charge on any atom is -0.496 e. The van der Waals surface area contributed by atoms with Crippen molar-refractivity contribution in [3.8, 4) is 5.75 Å². The second-order valence-electron chi connectivity index (χ2n) is 4.18. The van der Waals surface area contributed by atoms with Gasteiger partial charge >= 0.3 is 0 Å². The lowest BCUT2D eigenvalue weighted by molar-refractivity contribution is 0.0946. The minimum atomic E-state index is -0.231. The highest BCUT2D eigenvalue weighted by molar-refractivity contribution is 5.92. The molecule has 0 fully saturated rings. The van der Waals surface area contributed by atoms with Crippen LogP contribution in [0.5, 0.6) is 5.75 Å². The van der Waals surface area contributed by atoms with Gasteiger partial charge < -0.3 is 20.4 Å². The molecule has 0 saturated carbocycles. The molecule has 2 rings (SSSR count). The zero-order chi connectivity index (χ0) is 13.8. The lowest BCUT2D eigenvalue weighted by Crippen LogP contribution is -2.23. The number of carbonyl (C=O) groups excluding carboxylic acids is 1. The number of nitrogens with zero attached hydrogens (tertiary/aromatic N) is 2. The Morgan fingerprint density at radius 2 is 2.32 bits per heavy atom. The first-order chi connectivity index (χ1) is 9.10. The summed E-state index contributed by atoms with van der Waals surface area (Å²) in [4.78, 5) is 15.8. The lowest BCUT2D eigenvalue weighted by atomic mass is 10.1. The van der Waals surface area contributed by atoms with Crippen LogP contribution in [-0.4, -0.2) is 22.6 Å². The summed E-state index contributed by atoms with van der Waals surface area (Å²) in [5, 5.41) is 2.78. The van der Waals surface area contributed by atoms with E-state index >= 15 is 0 Å². The number of amides is 1. The van der Waals surface area contributed by atoms with Gasteiger partial charge in [-0.2, -0.15) is 0 Å². The molecule has 0 unspecified atom stereocenters. The summed E-state index contributed by atoms with van der Waals surface area (Å²) in [6.07, 6.45) is 3.24. The third-order valence-electron chi connectivity index (χ3n) is 2.68. The van der Waals surface area contributed by atoms with Gasteiger partial charge in [-0.3, -0.25) is 4.79 Å². The van der Waals surface area contributed by atoms with E-state index in [1.165, 1.54) is 0 Å². The topological polar surface area (TPSA) is 82.2 Å². The summed E-state index contributed by atoms with van der Waals surface area (Å²) in [5.74, 6) is 0.459. The second kappa shape index (κ2) is 5.43. The number of hydrogen-bond acceptors (Lipinski definition) is 4. The highest BCUT2D eigenvalue weighted by Gasteiger charge is 2.10. The van der Waals surface area contributed by atoms with Crippen molar-refractivity contribution in [1.82, 2.24) is 14.9 Å². The fraction of sp³-hybridized carbons (Fsp3) is 0.231. The molecule has 1 amide bonds. The van der Waals surface area contributed by atoms with Crippen molar-refractivity contribution in [2.24, 2.45) is 7.05 Å². The van der Waals surface area contributed by atoms with Crippen LogP contribution in [0.15, 0.2) is 30.7 Å². The van der Waals surface area contributed by atoms with Gasteiger partial charge in [0.05, 0.1) is 13.4 Å². The number of benzene rings is 1. The quantitative estimate of drug-likeness (QED) is 0.801. The summed E-state index contributed by atoms with van der Waals surface area (Å²) in [5.41, 5.74) is 7.55. The zero-order valence-electron chi connectivity index (χ0n) is 10.9. The molecule has 0 saturated heterocycles. The molecule has 0 aliphatic carbocycles. The minimum absolute atomic E-state index is 0.231. The Bertz CT molecular complexity index is 592. The first-order valence-corrected chi connectivity index (χ1v) is 5.78. The lowest BCUT2D eigenvalue weighted by Gasteiger charge is -2.10. The van der Waals surface area contributed by atoms with E-state index in [4.69, 9.17) is 10.5 Å². The van der Waals surface area contributed by atoms with Crippen molar-refractivity contribution in [2.45, 2.75) is 6.54 Å². The molecule has 1 heterocycles. The number of methoxy groups -OCH3 is 1. The third-order valence-corrected chi connectivity index (χ3v) is 2.68. The number of nitrogens with two attached hydrogens (primary N) is 1. The van der Waals surface area contributed by atoms with Gasteiger partial charge in [-0.15, -0.1) is 0 Å². The molecule has 1 aromatic heterocycles. The van der Waals surface area contributed by atoms with Gasteiger partial charge in [0, 0.05) is 31.0 Å². The Hall–Kier alpha value is -2.50. The predicted molar refractivity (Wildman–Crippen MR) is 71.8 cm³/mol. The number of imidazole rings is 1. The number of aryl methyl sites for hydroxylation is 1. The molecule has 6 heteroatoms. The Morgan fingerprint density at radius 3 is 2.95 bits per heavy atom. The molecule has 3 N–H and O–H groups in total. The predicted octanol–water partition coefficient (Wildman–Crippen LogP) is 0.941. The maximum absolute atomic E-state index is 11.9. The standard InChI is InChI=1S/C13H16N4O2/c1-17-7-11(16-8-17)13(18)15-6-9-5-10(14)3-4-12(9)19-2/h3-5,7-8H,6,14H2,1-2H3,(H,15,18). The van der Waals surface area contributed by atoms with E-state index in [0.29, 0.717) is 23.7 Å². The van der Waals surface area contributed by atoms with Crippen LogP contribution in [0.25, 0.3) is 0 Å². The molecule has 0 spiro atoms. The van der Waals surface area contributed by atoms with Crippen molar-refractivity contribution < 1.29 is 9.53 Å². The van der Waals surface area contributed by atoms with E-state index in [9.17, 15) is 4.79 Å². The highest BCUT2D eigenvalue weighted by atomic mass is 16.5. The molecule has 1 aromatic carbocycles. The van der Waals surface area contributed by atoms with Crippen LogP contribution in [0.2, 0.25) is 0 Å². The van der Waals surface area contributed by atoms with Gasteiger partial charge in [0.1, 0.15) is 11.4 Å². The zero-order valence-corrected chi connectivity index (χ0v) is 10.9. The SMILES string of the molecule is COc1ccc(N)cc1CNC(=O)c1cn(C)cn1. The first-order valence-electron chi connectivity index (χ1n) is 5.78. The summed E-state index contributed by atoms with van der Waals surface area (Å²) < 4.78 is 6.93. The average Bonchev–Trinajstić information content (AvgIpc) is 2.83. The normalized spacial score (nSPS) is 10.2. The summed E-state index contributed by atoms with van der Waals surface area (Å²) in [6.45, 7) is 0.337. The smallest absolute Gasteiger partial charge is 0.271 e. The fourth-order valence-corrected chi connectivity index (χ4v) is 1.73. The van der Waals surface area contributed by atoms with E-state index in [0.717, 1.165) is 5.56 Å². The van der Waals surface area contributed by atoms with Crippen LogP contribution >= 0.6 is 0 Å². The van der Waals surface area contributed by atoms with Crippen LogP contribution in [-0.2, 0) is 13.6 Å². The molecule has 2 aromatic rings. The van der Waals surface area contributed by atoms with Crippen molar-refractivity contribution in [2.75, 3.05) is 12.8 Å². The third kappa shape index (κ3) is 3.04. The van der Waals surface area contributed by atoms with Gasteiger partial charge in [-0.25, -0.2) is 4.98 Å². The summed E-state index contributed by atoms with van der Waals surface area (Å²) in [7, 11) is 3.39. The Morgan fingerprint density at radius 1 is 1.53 bits per heavy atom. The number of nitrogens with one attached hydrogen (secondary N) is 1. The van der Waals surface area contributed by atoms with Gasteiger partial charge in [0.15, 0.2) is 0 Å². The molecule has 19 heavy (non-hydrogen) atoms. The van der Waals surface area contributed by atoms with Crippen LogP contribution in [0.1, 0.15) is 16.1 Å². The van der Waals surface area contributed by atoms with Crippen molar-refractivity contribution >= 4 is 11.6 Å². The molecule has 0 aliphatic heterocycles. The fourth-order valence-electron chi connectivity index (χ4n) is 1.73. The monoisotopic (exact) mass is 260 g/mol. The average molecular weight is 260 g/mol. The molecule has 100 valence electrons. The largest absolute Gasteiger partial charge is 0.496 e. The van der Waals surface area contributed by atoms with Crippen LogP contribution < -0.4 is 15.8 Å². The van der Waals surface area contributed by atoms with Crippen molar-refractivity contribution in [3.63, 3.8) is 0 Å². The van der Waals surface area contributed by atoms with Crippen molar-refractivity contribution in [3.05, 3.63) is 42.0 Å². The summed E-state index contributed by atoms with van der Waals surface area (Å²) >= 11 is 0. The van der Waals surface area contributed by atoms with Crippen molar-refractivity contribution in [1.29, 1.82) is 0 Å². The van der Waals surface area contributed by atoms with Crippen LogP contribution in [0.3, 0.4) is 0 Å². The molecule has 0 atom stereocenters. The van der Waals surface area contributed by atoms with E-state index < -0.39 is 0 Å². The number of hydrogen-bond donors (Lipinski definition) is 2. The number of carbonyl (C=O) groups is 1. The Labute approximate surface area is 111 Å². The molecule has 0 bridgehead atoms. The molecular formula is C13H16N4O2. The number of aromatic nitrogens is 2.